The second kappa shape index (κ2) is 5.32. The van der Waals surface area contributed by atoms with Gasteiger partial charge in [0.15, 0.2) is 5.78 Å². The summed E-state index contributed by atoms with van der Waals surface area (Å²) >= 11 is 0. The Hall–Kier alpha value is -0.370. The maximum absolute atomic E-state index is 12.9. The maximum atomic E-state index is 12.9. The van der Waals surface area contributed by atoms with E-state index in [2.05, 4.69) is 32.6 Å². The number of carbonyl (C=O) groups excluding carboxylic acids is 1. The van der Waals surface area contributed by atoms with E-state index in [9.17, 15) is 4.79 Å². The van der Waals surface area contributed by atoms with E-state index < -0.39 is 0 Å². The normalized spacial score (nSPS) is 34.8. The zero-order valence-corrected chi connectivity index (χ0v) is 12.5. The summed E-state index contributed by atoms with van der Waals surface area (Å²) in [5.41, 5.74) is -0.238. The van der Waals surface area contributed by atoms with Crippen LogP contribution in [0.4, 0.5) is 0 Å². The van der Waals surface area contributed by atoms with E-state index >= 15 is 0 Å². The first kappa shape index (κ1) is 14.0. The van der Waals surface area contributed by atoms with Crippen molar-refractivity contribution in [2.75, 3.05) is 13.1 Å². The molecule has 0 radical (unpaired) electrons. The molecule has 0 aromatic rings. The molecule has 0 bridgehead atoms. The molecule has 0 aromatic heterocycles. The topological polar surface area (TPSA) is 20.3 Å². The van der Waals surface area contributed by atoms with Crippen LogP contribution in [0.3, 0.4) is 0 Å². The van der Waals surface area contributed by atoms with Crippen molar-refractivity contribution in [2.24, 2.45) is 17.8 Å². The number of Topliss-reactive ketones (excluding diaryl/α,β-unsaturated/α-hetero) is 1. The average Bonchev–Trinajstić information content (AvgIpc) is 2.80. The molecule has 2 nitrogen and oxygen atoms in total. The summed E-state index contributed by atoms with van der Waals surface area (Å²) in [5.74, 6) is 2.25. The van der Waals surface area contributed by atoms with Gasteiger partial charge < -0.3 is 0 Å². The van der Waals surface area contributed by atoms with E-state index in [1.165, 1.54) is 19.3 Å². The molecule has 0 aromatic carbocycles. The van der Waals surface area contributed by atoms with Gasteiger partial charge in [0.25, 0.3) is 0 Å². The highest BCUT2D eigenvalue weighted by Gasteiger charge is 2.41. The van der Waals surface area contributed by atoms with Crippen molar-refractivity contribution < 1.29 is 4.79 Å². The zero-order chi connectivity index (χ0) is 13.3. The Kier molecular flexibility index (Phi) is 4.15. The Balaban J connectivity index is 2.05. The first-order valence-electron chi connectivity index (χ1n) is 7.70. The van der Waals surface area contributed by atoms with Crippen LogP contribution in [0.5, 0.6) is 0 Å². The molecule has 2 heteroatoms. The lowest BCUT2D eigenvalue weighted by Crippen LogP contribution is -2.52. The third kappa shape index (κ3) is 2.79. The van der Waals surface area contributed by atoms with Crippen LogP contribution < -0.4 is 0 Å². The number of rotatable bonds is 3. The molecule has 0 amide bonds. The van der Waals surface area contributed by atoms with Gasteiger partial charge in [-0.15, -0.1) is 0 Å². The summed E-state index contributed by atoms with van der Waals surface area (Å²) in [6, 6.07) is 0. The first-order chi connectivity index (χ1) is 8.41. The predicted molar refractivity (Wildman–Crippen MR) is 75.6 cm³/mol. The van der Waals surface area contributed by atoms with Gasteiger partial charge in [-0.25, -0.2) is 0 Å². The number of hydrogen-bond acceptors (Lipinski definition) is 2. The van der Waals surface area contributed by atoms with Crippen LogP contribution in [0.2, 0.25) is 0 Å². The van der Waals surface area contributed by atoms with E-state index in [-0.39, 0.29) is 5.54 Å². The monoisotopic (exact) mass is 251 g/mol. The van der Waals surface area contributed by atoms with E-state index in [0.717, 1.165) is 37.8 Å². The molecule has 1 saturated heterocycles. The molecule has 1 saturated carbocycles. The molecule has 2 rings (SSSR count). The minimum absolute atomic E-state index is 0.238. The molecule has 0 spiro atoms. The van der Waals surface area contributed by atoms with Gasteiger partial charge in [0.2, 0.25) is 0 Å². The molecule has 18 heavy (non-hydrogen) atoms. The van der Waals surface area contributed by atoms with Gasteiger partial charge in [-0.1, -0.05) is 13.8 Å². The summed E-state index contributed by atoms with van der Waals surface area (Å²) in [5, 5.41) is 0. The lowest BCUT2D eigenvalue weighted by atomic mass is 9.71. The van der Waals surface area contributed by atoms with Crippen LogP contribution in [0.15, 0.2) is 0 Å². The molecular formula is C16H29NO. The summed E-state index contributed by atoms with van der Waals surface area (Å²) in [6.07, 6.45) is 6.04. The second-order valence-electron chi connectivity index (χ2n) is 7.23. The molecule has 2 unspecified atom stereocenters. The highest BCUT2D eigenvalue weighted by atomic mass is 16.1. The number of likely N-dealkylation sites (tertiary alicyclic amines) is 1. The summed E-state index contributed by atoms with van der Waals surface area (Å²) < 4.78 is 0. The molecule has 1 aliphatic carbocycles. The Labute approximate surface area is 112 Å². The molecule has 2 fully saturated rings. The Morgan fingerprint density at radius 1 is 1.00 bits per heavy atom. The molecule has 1 heterocycles. The standard InChI is InChI=1S/C16H29NO/c1-12-9-13(2)11-14(10-12)15(18)16(3,4)17-7-5-6-8-17/h12-14H,5-11H2,1-4H3. The van der Waals surface area contributed by atoms with Crippen LogP contribution in [0, 0.1) is 17.8 Å². The maximum Gasteiger partial charge on any atom is 0.155 e. The highest BCUT2D eigenvalue weighted by molar-refractivity contribution is 5.89. The summed E-state index contributed by atoms with van der Waals surface area (Å²) in [7, 11) is 0. The smallest absolute Gasteiger partial charge is 0.155 e. The van der Waals surface area contributed by atoms with E-state index in [1.807, 2.05) is 0 Å². The largest absolute Gasteiger partial charge is 0.297 e. The lowest BCUT2D eigenvalue weighted by Gasteiger charge is -2.40. The quantitative estimate of drug-likeness (QED) is 0.765. The average molecular weight is 251 g/mol. The van der Waals surface area contributed by atoms with Gasteiger partial charge in [-0.3, -0.25) is 9.69 Å². The van der Waals surface area contributed by atoms with Gasteiger partial charge >= 0.3 is 0 Å². The number of carbonyl (C=O) groups is 1. The zero-order valence-electron chi connectivity index (χ0n) is 12.5. The minimum atomic E-state index is -0.238. The summed E-state index contributed by atoms with van der Waals surface area (Å²) in [4.78, 5) is 15.3. The number of hydrogen-bond donors (Lipinski definition) is 0. The van der Waals surface area contributed by atoms with Crippen LogP contribution in [0.1, 0.15) is 59.8 Å². The molecule has 2 atom stereocenters. The SMILES string of the molecule is CC1CC(C)CC(C(=O)C(C)(C)N2CCCC2)C1. The lowest BCUT2D eigenvalue weighted by molar-refractivity contribution is -0.135. The third-order valence-electron chi connectivity index (χ3n) is 5.05. The number of ketones is 1. The molecule has 1 aliphatic heterocycles. The van der Waals surface area contributed by atoms with Gasteiger partial charge in [0, 0.05) is 5.92 Å². The van der Waals surface area contributed by atoms with Gasteiger partial charge in [-0.2, -0.15) is 0 Å². The summed E-state index contributed by atoms with van der Waals surface area (Å²) in [6.45, 7) is 11.1. The molecule has 104 valence electrons. The molecular weight excluding hydrogens is 222 g/mol. The molecule has 0 N–H and O–H groups in total. The third-order valence-corrected chi connectivity index (χ3v) is 5.05. The van der Waals surface area contributed by atoms with Crippen molar-refractivity contribution in [1.82, 2.24) is 4.90 Å². The van der Waals surface area contributed by atoms with Crippen LogP contribution >= 0.6 is 0 Å². The van der Waals surface area contributed by atoms with Gasteiger partial charge in [0.05, 0.1) is 5.54 Å². The van der Waals surface area contributed by atoms with Crippen molar-refractivity contribution >= 4 is 5.78 Å². The Bertz CT molecular complexity index is 294. The predicted octanol–water partition coefficient (Wildman–Crippen LogP) is 3.50. The second-order valence-corrected chi connectivity index (χ2v) is 7.23. The van der Waals surface area contributed by atoms with Gasteiger partial charge in [-0.05, 0) is 70.9 Å². The number of nitrogens with zero attached hydrogens (tertiary/aromatic N) is 1. The van der Waals surface area contributed by atoms with Crippen molar-refractivity contribution in [2.45, 2.75) is 65.3 Å². The Morgan fingerprint density at radius 2 is 1.50 bits per heavy atom. The highest BCUT2D eigenvalue weighted by Crippen LogP contribution is 2.37. The minimum Gasteiger partial charge on any atom is -0.297 e. The fourth-order valence-corrected chi connectivity index (χ4v) is 4.09. The Morgan fingerprint density at radius 3 is 2.00 bits per heavy atom. The van der Waals surface area contributed by atoms with Crippen LogP contribution in [-0.4, -0.2) is 29.3 Å². The molecule has 2 aliphatic rings. The van der Waals surface area contributed by atoms with Crippen molar-refractivity contribution in [1.29, 1.82) is 0 Å². The van der Waals surface area contributed by atoms with E-state index in [0.29, 0.717) is 11.7 Å². The first-order valence-corrected chi connectivity index (χ1v) is 7.70. The van der Waals surface area contributed by atoms with E-state index in [1.54, 1.807) is 0 Å². The van der Waals surface area contributed by atoms with Crippen LogP contribution in [-0.2, 0) is 4.79 Å². The fourth-order valence-electron chi connectivity index (χ4n) is 4.09. The van der Waals surface area contributed by atoms with Crippen molar-refractivity contribution in [3.8, 4) is 0 Å². The van der Waals surface area contributed by atoms with Crippen molar-refractivity contribution in [3.63, 3.8) is 0 Å². The van der Waals surface area contributed by atoms with Crippen molar-refractivity contribution in [3.05, 3.63) is 0 Å². The van der Waals surface area contributed by atoms with Gasteiger partial charge in [0.1, 0.15) is 0 Å². The fraction of sp³-hybridized carbons (Fsp3) is 0.938. The van der Waals surface area contributed by atoms with Crippen LogP contribution in [0.25, 0.3) is 0 Å². The van der Waals surface area contributed by atoms with E-state index in [4.69, 9.17) is 0 Å².